The number of nitrogen functional groups attached to an aromatic ring is 1. The number of hydrogen-bond acceptors (Lipinski definition) is 2. The highest BCUT2D eigenvalue weighted by molar-refractivity contribution is 5.41. The van der Waals surface area contributed by atoms with Crippen molar-refractivity contribution < 1.29 is 0 Å². The first-order valence-electron chi connectivity index (χ1n) is 8.98. The van der Waals surface area contributed by atoms with Gasteiger partial charge in [-0.05, 0) is 63.8 Å². The summed E-state index contributed by atoms with van der Waals surface area (Å²) < 4.78 is 0. The van der Waals surface area contributed by atoms with Gasteiger partial charge in [-0.3, -0.25) is 4.90 Å². The molecule has 24 heavy (non-hydrogen) atoms. The highest BCUT2D eigenvalue weighted by Crippen LogP contribution is 2.47. The summed E-state index contributed by atoms with van der Waals surface area (Å²) in [6.45, 7) is 10.6. The summed E-state index contributed by atoms with van der Waals surface area (Å²) in [4.78, 5) is 2.69. The Kier molecular flexibility index (Phi) is 4.44. The molecule has 0 spiro atoms. The first kappa shape index (κ1) is 17.0. The number of hydrogen-bond donors (Lipinski definition) is 1. The fourth-order valence-corrected chi connectivity index (χ4v) is 4.44. The van der Waals surface area contributed by atoms with E-state index in [2.05, 4.69) is 75.1 Å². The van der Waals surface area contributed by atoms with E-state index in [1.807, 2.05) is 12.1 Å². The number of anilines is 1. The molecule has 1 atom stereocenters. The van der Waals surface area contributed by atoms with Gasteiger partial charge in [-0.1, -0.05) is 42.5 Å². The molecule has 0 aliphatic carbocycles. The van der Waals surface area contributed by atoms with E-state index in [9.17, 15) is 0 Å². The first-order chi connectivity index (χ1) is 11.3. The van der Waals surface area contributed by atoms with Gasteiger partial charge in [-0.2, -0.15) is 0 Å². The summed E-state index contributed by atoms with van der Waals surface area (Å²) in [6.07, 6.45) is 2.42. The maximum Gasteiger partial charge on any atom is 0.0314 e. The number of benzene rings is 2. The van der Waals surface area contributed by atoms with Crippen molar-refractivity contribution in [1.29, 1.82) is 0 Å². The number of nitrogens with zero attached hydrogens (tertiary/aromatic N) is 1. The molecule has 2 N–H and O–H groups in total. The second kappa shape index (κ2) is 6.25. The van der Waals surface area contributed by atoms with Crippen molar-refractivity contribution >= 4 is 5.69 Å². The van der Waals surface area contributed by atoms with Crippen LogP contribution in [0.2, 0.25) is 0 Å². The molecular formula is C22H30N2. The molecule has 1 unspecified atom stereocenters. The lowest BCUT2D eigenvalue weighted by molar-refractivity contribution is -0.0489. The van der Waals surface area contributed by atoms with E-state index in [-0.39, 0.29) is 11.1 Å². The highest BCUT2D eigenvalue weighted by atomic mass is 15.3. The van der Waals surface area contributed by atoms with Crippen LogP contribution in [0.25, 0.3) is 0 Å². The third-order valence-corrected chi connectivity index (χ3v) is 5.85. The molecule has 1 aliphatic rings. The lowest BCUT2D eigenvalue weighted by atomic mass is 9.69. The molecule has 2 nitrogen and oxygen atoms in total. The fourth-order valence-electron chi connectivity index (χ4n) is 4.44. The van der Waals surface area contributed by atoms with Gasteiger partial charge in [0.25, 0.3) is 0 Å². The minimum atomic E-state index is 0.0910. The van der Waals surface area contributed by atoms with E-state index in [1.54, 1.807) is 0 Å². The molecule has 0 aromatic heterocycles. The van der Waals surface area contributed by atoms with Crippen molar-refractivity contribution in [2.24, 2.45) is 0 Å². The van der Waals surface area contributed by atoms with Crippen LogP contribution in [0.1, 0.15) is 57.6 Å². The molecule has 1 heterocycles. The molecule has 0 amide bonds. The molecule has 0 bridgehead atoms. The zero-order valence-electron chi connectivity index (χ0n) is 15.4. The summed E-state index contributed by atoms with van der Waals surface area (Å²) in [5, 5.41) is 0. The fraction of sp³-hybridized carbons (Fsp3) is 0.455. The van der Waals surface area contributed by atoms with Crippen LogP contribution in [0, 0.1) is 0 Å². The number of piperidine rings is 1. The van der Waals surface area contributed by atoms with Gasteiger partial charge in [-0.25, -0.2) is 0 Å². The largest absolute Gasteiger partial charge is 0.399 e. The van der Waals surface area contributed by atoms with Crippen molar-refractivity contribution in [3.63, 3.8) is 0 Å². The molecule has 1 saturated heterocycles. The van der Waals surface area contributed by atoms with Crippen LogP contribution in [0.5, 0.6) is 0 Å². The molecule has 128 valence electrons. The summed E-state index contributed by atoms with van der Waals surface area (Å²) in [5.41, 5.74) is 9.81. The third-order valence-electron chi connectivity index (χ3n) is 5.85. The Hall–Kier alpha value is -1.80. The van der Waals surface area contributed by atoms with Gasteiger partial charge in [-0.15, -0.1) is 0 Å². The van der Waals surface area contributed by atoms with E-state index < -0.39 is 0 Å². The van der Waals surface area contributed by atoms with Gasteiger partial charge in [0.2, 0.25) is 0 Å². The topological polar surface area (TPSA) is 29.3 Å². The average molecular weight is 322 g/mol. The predicted molar refractivity (Wildman–Crippen MR) is 103 cm³/mol. The first-order valence-corrected chi connectivity index (χ1v) is 8.98. The lowest BCUT2D eigenvalue weighted by Gasteiger charge is -2.57. The van der Waals surface area contributed by atoms with E-state index in [0.717, 1.165) is 12.2 Å². The summed E-state index contributed by atoms with van der Waals surface area (Å²) in [5.74, 6) is 0.523. The van der Waals surface area contributed by atoms with Gasteiger partial charge in [0.1, 0.15) is 0 Å². The summed E-state index contributed by atoms with van der Waals surface area (Å²) in [7, 11) is 0. The third kappa shape index (κ3) is 3.21. The quantitative estimate of drug-likeness (QED) is 0.786. The Balaban J connectivity index is 1.93. The predicted octanol–water partition coefficient (Wildman–Crippen LogP) is 5.21. The molecule has 2 aromatic rings. The van der Waals surface area contributed by atoms with Crippen molar-refractivity contribution in [2.75, 3.05) is 5.73 Å². The molecular weight excluding hydrogens is 292 g/mol. The van der Waals surface area contributed by atoms with Gasteiger partial charge >= 0.3 is 0 Å². The summed E-state index contributed by atoms with van der Waals surface area (Å²) >= 11 is 0. The van der Waals surface area contributed by atoms with E-state index in [1.165, 1.54) is 24.0 Å². The minimum absolute atomic E-state index is 0.0910. The zero-order valence-corrected chi connectivity index (χ0v) is 15.4. The van der Waals surface area contributed by atoms with E-state index >= 15 is 0 Å². The molecule has 2 aromatic carbocycles. The van der Waals surface area contributed by atoms with Gasteiger partial charge in [0.05, 0.1) is 0 Å². The molecule has 0 saturated carbocycles. The lowest BCUT2D eigenvalue weighted by Crippen LogP contribution is -2.60. The van der Waals surface area contributed by atoms with Crippen LogP contribution < -0.4 is 5.73 Å². The van der Waals surface area contributed by atoms with Crippen LogP contribution in [0.4, 0.5) is 5.69 Å². The number of likely N-dealkylation sites (tertiary alicyclic amines) is 1. The average Bonchev–Trinajstić information content (AvgIpc) is 2.54. The van der Waals surface area contributed by atoms with Crippen LogP contribution in [-0.4, -0.2) is 16.0 Å². The zero-order chi connectivity index (χ0) is 17.4. The second-order valence-corrected chi connectivity index (χ2v) is 8.30. The molecule has 2 heteroatoms. The van der Waals surface area contributed by atoms with Crippen molar-refractivity contribution in [1.82, 2.24) is 4.90 Å². The molecule has 1 aliphatic heterocycles. The number of nitrogens with two attached hydrogens (primary N) is 1. The van der Waals surface area contributed by atoms with Crippen molar-refractivity contribution in [3.05, 3.63) is 65.7 Å². The normalized spacial score (nSPS) is 23.1. The van der Waals surface area contributed by atoms with Crippen LogP contribution in [0.3, 0.4) is 0 Å². The van der Waals surface area contributed by atoms with Crippen LogP contribution in [-0.2, 0) is 6.54 Å². The van der Waals surface area contributed by atoms with E-state index in [4.69, 9.17) is 5.73 Å². The smallest absolute Gasteiger partial charge is 0.0314 e. The summed E-state index contributed by atoms with van der Waals surface area (Å²) in [6, 6.07) is 19.3. The Morgan fingerprint density at radius 2 is 1.58 bits per heavy atom. The Morgan fingerprint density at radius 3 is 2.21 bits per heavy atom. The molecule has 0 radical (unpaired) electrons. The van der Waals surface area contributed by atoms with Gasteiger partial charge in [0, 0.05) is 29.2 Å². The standard InChI is InChI=1S/C22H30N2/c1-21(2)15-14-20(18-10-12-19(23)13-11-18)22(3,4)24(21)16-17-8-6-5-7-9-17/h5-13,20H,14-16,23H2,1-4H3. The Morgan fingerprint density at radius 1 is 0.958 bits per heavy atom. The van der Waals surface area contributed by atoms with E-state index in [0.29, 0.717) is 5.92 Å². The Labute approximate surface area is 146 Å². The monoisotopic (exact) mass is 322 g/mol. The molecule has 1 fully saturated rings. The molecule has 3 rings (SSSR count). The SMILES string of the molecule is CC1(C)CCC(c2ccc(N)cc2)C(C)(C)N1Cc1ccccc1. The van der Waals surface area contributed by atoms with Gasteiger partial charge in [0.15, 0.2) is 0 Å². The maximum absolute atomic E-state index is 5.89. The van der Waals surface area contributed by atoms with Crippen molar-refractivity contribution in [2.45, 2.75) is 64.1 Å². The highest BCUT2D eigenvalue weighted by Gasteiger charge is 2.47. The van der Waals surface area contributed by atoms with Crippen LogP contribution >= 0.6 is 0 Å². The number of rotatable bonds is 3. The van der Waals surface area contributed by atoms with Crippen molar-refractivity contribution in [3.8, 4) is 0 Å². The Bertz CT molecular complexity index is 671. The van der Waals surface area contributed by atoms with Crippen LogP contribution in [0.15, 0.2) is 54.6 Å². The second-order valence-electron chi connectivity index (χ2n) is 8.30. The minimum Gasteiger partial charge on any atom is -0.399 e. The maximum atomic E-state index is 5.89. The van der Waals surface area contributed by atoms with Gasteiger partial charge < -0.3 is 5.73 Å².